The van der Waals surface area contributed by atoms with E-state index in [9.17, 15) is 4.79 Å². The molecule has 2 saturated carbocycles. The third-order valence-electron chi connectivity index (χ3n) is 4.51. The predicted octanol–water partition coefficient (Wildman–Crippen LogP) is 2.63. The van der Waals surface area contributed by atoms with Crippen molar-refractivity contribution in [1.29, 1.82) is 0 Å². The molecule has 0 aromatic rings. The van der Waals surface area contributed by atoms with Gasteiger partial charge in [-0.05, 0) is 44.4 Å². The number of nitrogens with zero attached hydrogens (tertiary/aromatic N) is 1. The van der Waals surface area contributed by atoms with Gasteiger partial charge in [0.2, 0.25) is 0 Å². The quantitative estimate of drug-likeness (QED) is 0.570. The maximum atomic E-state index is 12.3. The summed E-state index contributed by atoms with van der Waals surface area (Å²) < 4.78 is 5.67. The third kappa shape index (κ3) is 2.86. The highest BCUT2D eigenvalue weighted by atomic mass is 16.8. The van der Waals surface area contributed by atoms with E-state index in [0.717, 1.165) is 25.7 Å². The van der Waals surface area contributed by atoms with Gasteiger partial charge in [-0.1, -0.05) is 19.3 Å². The first-order valence-corrected chi connectivity index (χ1v) is 7.44. The first-order valence-electron chi connectivity index (χ1n) is 7.44. The number of hydroxylamine groups is 2. The summed E-state index contributed by atoms with van der Waals surface area (Å²) in [6.45, 7) is 0.598. The number of rotatable bonds is 4. The molecule has 0 spiro atoms. The molecule has 1 saturated heterocycles. The lowest BCUT2D eigenvalue weighted by Crippen LogP contribution is -2.40. The second-order valence-electron chi connectivity index (χ2n) is 5.86. The van der Waals surface area contributed by atoms with Gasteiger partial charge in [-0.15, -0.1) is 5.06 Å². The van der Waals surface area contributed by atoms with Crippen molar-refractivity contribution in [2.45, 2.75) is 69.9 Å². The zero-order valence-electron chi connectivity index (χ0n) is 11.0. The van der Waals surface area contributed by atoms with Crippen LogP contribution < -0.4 is 0 Å². The normalized spacial score (nSPS) is 31.2. The van der Waals surface area contributed by atoms with Gasteiger partial charge in [0.05, 0.1) is 0 Å². The maximum absolute atomic E-state index is 12.3. The van der Waals surface area contributed by atoms with E-state index in [1.165, 1.54) is 32.1 Å². The average Bonchev–Trinajstić information content (AvgIpc) is 3.08. The van der Waals surface area contributed by atoms with Crippen LogP contribution in [-0.2, 0) is 14.4 Å². The third-order valence-corrected chi connectivity index (χ3v) is 4.51. The molecule has 2 aliphatic carbocycles. The Morgan fingerprint density at radius 3 is 2.28 bits per heavy atom. The van der Waals surface area contributed by atoms with Gasteiger partial charge in [-0.25, -0.2) is 0 Å². The molecule has 18 heavy (non-hydrogen) atoms. The Labute approximate surface area is 109 Å². The molecule has 0 aromatic carbocycles. The molecule has 1 aliphatic heterocycles. The zero-order chi connectivity index (χ0) is 12.4. The first-order chi connectivity index (χ1) is 8.84. The van der Waals surface area contributed by atoms with Crippen LogP contribution in [0.2, 0.25) is 0 Å². The van der Waals surface area contributed by atoms with E-state index in [1.54, 1.807) is 0 Å². The number of hydrogen-bond donors (Lipinski definition) is 0. The van der Waals surface area contributed by atoms with Crippen LogP contribution in [-0.4, -0.2) is 29.9 Å². The Bertz CT molecular complexity index is 291. The Morgan fingerprint density at radius 1 is 1.06 bits per heavy atom. The van der Waals surface area contributed by atoms with Crippen molar-refractivity contribution in [3.63, 3.8) is 0 Å². The Morgan fingerprint density at radius 2 is 1.67 bits per heavy atom. The molecule has 0 bridgehead atoms. The number of esters is 1. The second-order valence-corrected chi connectivity index (χ2v) is 5.86. The smallest absolute Gasteiger partial charge is 0.326 e. The Hall–Kier alpha value is -0.610. The summed E-state index contributed by atoms with van der Waals surface area (Å²) in [6, 6.07) is -0.133. The molecule has 0 amide bonds. The van der Waals surface area contributed by atoms with Crippen LogP contribution in [0.5, 0.6) is 0 Å². The lowest BCUT2D eigenvalue weighted by molar-refractivity contribution is -0.158. The monoisotopic (exact) mass is 253 g/mol. The predicted molar refractivity (Wildman–Crippen MR) is 66.5 cm³/mol. The van der Waals surface area contributed by atoms with E-state index < -0.39 is 0 Å². The van der Waals surface area contributed by atoms with E-state index in [-0.39, 0.29) is 18.1 Å². The minimum atomic E-state index is -0.133. The largest absolute Gasteiger partial charge is 0.461 e. The highest BCUT2D eigenvalue weighted by Gasteiger charge is 2.43. The standard InChI is InChI=1S/C14H23NO3/c16-14(18-12-8-4-5-9-12)13(15-10-17-15)11-6-2-1-3-7-11/h11-13H,1-10H2. The first kappa shape index (κ1) is 12.4. The van der Waals surface area contributed by atoms with Crippen LogP contribution in [0, 0.1) is 5.92 Å². The van der Waals surface area contributed by atoms with Crippen LogP contribution >= 0.6 is 0 Å². The van der Waals surface area contributed by atoms with Crippen LogP contribution in [0.15, 0.2) is 0 Å². The number of carbonyl (C=O) groups is 1. The maximum Gasteiger partial charge on any atom is 0.326 e. The average molecular weight is 253 g/mol. The molecule has 3 rings (SSSR count). The van der Waals surface area contributed by atoms with Crippen LogP contribution in [0.3, 0.4) is 0 Å². The molecular weight excluding hydrogens is 230 g/mol. The molecule has 0 radical (unpaired) electrons. The molecule has 1 heterocycles. The number of carbonyl (C=O) groups excluding carboxylic acids is 1. The summed E-state index contributed by atoms with van der Waals surface area (Å²) in [7, 11) is 0. The molecule has 4 heteroatoms. The SMILES string of the molecule is O=C(OC1CCCC1)C(C1CCCCC1)N1CO1. The van der Waals surface area contributed by atoms with Gasteiger partial charge in [-0.2, -0.15) is 0 Å². The molecular formula is C14H23NO3. The van der Waals surface area contributed by atoms with Crippen molar-refractivity contribution in [3.8, 4) is 0 Å². The summed E-state index contributed by atoms with van der Waals surface area (Å²) in [6.07, 6.45) is 10.7. The van der Waals surface area contributed by atoms with Crippen LogP contribution in [0.25, 0.3) is 0 Å². The molecule has 2 unspecified atom stereocenters. The molecule has 4 nitrogen and oxygen atoms in total. The van der Waals surface area contributed by atoms with Crippen molar-refractivity contribution < 1.29 is 14.4 Å². The van der Waals surface area contributed by atoms with Gasteiger partial charge in [0, 0.05) is 0 Å². The minimum absolute atomic E-state index is 0.0358. The van der Waals surface area contributed by atoms with Crippen molar-refractivity contribution in [3.05, 3.63) is 0 Å². The number of hydrogen-bond acceptors (Lipinski definition) is 4. The van der Waals surface area contributed by atoms with Gasteiger partial charge < -0.3 is 4.74 Å². The van der Waals surface area contributed by atoms with E-state index in [0.29, 0.717) is 12.6 Å². The van der Waals surface area contributed by atoms with Gasteiger partial charge in [0.1, 0.15) is 18.9 Å². The second kappa shape index (κ2) is 5.57. The van der Waals surface area contributed by atoms with E-state index in [1.807, 2.05) is 5.06 Å². The lowest BCUT2D eigenvalue weighted by Gasteiger charge is -2.28. The van der Waals surface area contributed by atoms with Gasteiger partial charge in [-0.3, -0.25) is 9.63 Å². The molecule has 0 aromatic heterocycles. The fraction of sp³-hybridized carbons (Fsp3) is 0.929. The lowest BCUT2D eigenvalue weighted by atomic mass is 9.84. The van der Waals surface area contributed by atoms with Gasteiger partial charge in [0.25, 0.3) is 0 Å². The van der Waals surface area contributed by atoms with Crippen molar-refractivity contribution >= 4 is 5.97 Å². The highest BCUT2D eigenvalue weighted by Crippen LogP contribution is 2.33. The zero-order valence-corrected chi connectivity index (χ0v) is 11.0. The molecule has 102 valence electrons. The van der Waals surface area contributed by atoms with Gasteiger partial charge >= 0.3 is 5.97 Å². The fourth-order valence-corrected chi connectivity index (χ4v) is 3.43. The van der Waals surface area contributed by atoms with E-state index >= 15 is 0 Å². The summed E-state index contributed by atoms with van der Waals surface area (Å²) in [5.41, 5.74) is 0. The van der Waals surface area contributed by atoms with Crippen molar-refractivity contribution in [1.82, 2.24) is 5.06 Å². The van der Waals surface area contributed by atoms with Gasteiger partial charge in [0.15, 0.2) is 0 Å². The Kier molecular flexibility index (Phi) is 3.85. The van der Waals surface area contributed by atoms with Crippen molar-refractivity contribution in [2.24, 2.45) is 5.92 Å². The van der Waals surface area contributed by atoms with E-state index in [4.69, 9.17) is 9.57 Å². The summed E-state index contributed by atoms with van der Waals surface area (Å²) >= 11 is 0. The highest BCUT2D eigenvalue weighted by molar-refractivity contribution is 5.76. The van der Waals surface area contributed by atoms with E-state index in [2.05, 4.69) is 0 Å². The molecule has 3 fully saturated rings. The molecule has 0 N–H and O–H groups in total. The van der Waals surface area contributed by atoms with Crippen molar-refractivity contribution in [2.75, 3.05) is 6.73 Å². The molecule has 3 aliphatic rings. The summed E-state index contributed by atoms with van der Waals surface area (Å²) in [5, 5.41) is 1.81. The van der Waals surface area contributed by atoms with Crippen LogP contribution in [0.1, 0.15) is 57.8 Å². The van der Waals surface area contributed by atoms with Crippen LogP contribution in [0.4, 0.5) is 0 Å². The topological polar surface area (TPSA) is 41.8 Å². The summed E-state index contributed by atoms with van der Waals surface area (Å²) in [4.78, 5) is 17.6. The Balaban J connectivity index is 1.59. The minimum Gasteiger partial charge on any atom is -0.461 e. The number of ether oxygens (including phenoxy) is 1. The molecule has 2 atom stereocenters. The summed E-state index contributed by atoms with van der Waals surface area (Å²) in [5.74, 6) is 0.404. The fourth-order valence-electron chi connectivity index (χ4n) is 3.43.